The van der Waals surface area contributed by atoms with Gasteiger partial charge in [0.1, 0.15) is 0 Å². The van der Waals surface area contributed by atoms with E-state index >= 15 is 0 Å². The van der Waals surface area contributed by atoms with E-state index in [0.29, 0.717) is 25.9 Å². The molecule has 0 aliphatic carbocycles. The van der Waals surface area contributed by atoms with E-state index in [1.807, 2.05) is 0 Å². The molecule has 87 heavy (non-hydrogen) atoms. The summed E-state index contributed by atoms with van der Waals surface area (Å²) in [5, 5.41) is 23.5. The number of unbranched alkanes of at least 4 members (excludes halogenated alkanes) is 67. The molecule has 6 heteroatoms. The lowest BCUT2D eigenvalue weighted by Crippen LogP contribution is -2.45. The summed E-state index contributed by atoms with van der Waals surface area (Å²) in [6, 6.07) is -0.538. The minimum Gasteiger partial charge on any atom is -0.466 e. The van der Waals surface area contributed by atoms with Gasteiger partial charge in [-0.15, -0.1) is 0 Å². The minimum atomic E-state index is -0.661. The van der Waals surface area contributed by atoms with E-state index in [2.05, 4.69) is 19.2 Å². The molecule has 2 unspecified atom stereocenters. The molecule has 520 valence electrons. The zero-order valence-corrected chi connectivity index (χ0v) is 59.8. The number of esters is 1. The van der Waals surface area contributed by atoms with Gasteiger partial charge in [-0.25, -0.2) is 0 Å². The molecule has 0 aromatic heterocycles. The minimum absolute atomic E-state index is 0.0231. The van der Waals surface area contributed by atoms with Crippen LogP contribution in [-0.4, -0.2) is 47.4 Å². The molecular formula is C81H161NO5. The Balaban J connectivity index is 3.31. The van der Waals surface area contributed by atoms with E-state index in [1.54, 1.807) is 0 Å². The summed E-state index contributed by atoms with van der Waals surface area (Å²) in [4.78, 5) is 24.6. The van der Waals surface area contributed by atoms with Crippen molar-refractivity contribution in [2.75, 3.05) is 13.2 Å². The van der Waals surface area contributed by atoms with Gasteiger partial charge in [0.2, 0.25) is 5.91 Å². The normalized spacial score (nSPS) is 12.4. The molecule has 1 amide bonds. The van der Waals surface area contributed by atoms with Gasteiger partial charge in [-0.1, -0.05) is 444 Å². The summed E-state index contributed by atoms with van der Waals surface area (Å²) in [5.41, 5.74) is 0. The van der Waals surface area contributed by atoms with Gasteiger partial charge in [0.15, 0.2) is 0 Å². The third-order valence-corrected chi connectivity index (χ3v) is 19.7. The van der Waals surface area contributed by atoms with E-state index in [9.17, 15) is 19.8 Å². The summed E-state index contributed by atoms with van der Waals surface area (Å²) < 4.78 is 5.49. The van der Waals surface area contributed by atoms with Crippen molar-refractivity contribution in [3.8, 4) is 0 Å². The first-order valence-corrected chi connectivity index (χ1v) is 40.8. The maximum atomic E-state index is 12.6. The molecule has 0 aliphatic heterocycles. The quantitative estimate of drug-likeness (QED) is 0.0417. The highest BCUT2D eigenvalue weighted by Gasteiger charge is 2.20. The number of ether oxygens (including phenoxy) is 1. The van der Waals surface area contributed by atoms with Gasteiger partial charge in [0.05, 0.1) is 25.4 Å². The van der Waals surface area contributed by atoms with Gasteiger partial charge in [0, 0.05) is 12.8 Å². The second kappa shape index (κ2) is 77.3. The second-order valence-corrected chi connectivity index (χ2v) is 28.5. The smallest absolute Gasteiger partial charge is 0.305 e. The van der Waals surface area contributed by atoms with Crippen molar-refractivity contribution in [1.29, 1.82) is 0 Å². The Morgan fingerprint density at radius 1 is 0.276 bits per heavy atom. The predicted octanol–water partition coefficient (Wildman–Crippen LogP) is 26.9. The molecule has 2 atom stereocenters. The highest BCUT2D eigenvalue weighted by atomic mass is 16.5. The van der Waals surface area contributed by atoms with Crippen molar-refractivity contribution in [3.05, 3.63) is 0 Å². The van der Waals surface area contributed by atoms with Gasteiger partial charge in [0.25, 0.3) is 0 Å². The van der Waals surface area contributed by atoms with Crippen LogP contribution in [0.4, 0.5) is 0 Å². The Bertz CT molecular complexity index is 1280. The molecule has 0 spiro atoms. The van der Waals surface area contributed by atoms with Crippen LogP contribution < -0.4 is 5.32 Å². The molecule has 0 bridgehead atoms. The van der Waals surface area contributed by atoms with Crippen LogP contribution in [0.5, 0.6) is 0 Å². The summed E-state index contributed by atoms with van der Waals surface area (Å²) in [6.45, 7) is 5.02. The Kier molecular flexibility index (Phi) is 76.3. The molecule has 0 aromatic rings. The van der Waals surface area contributed by atoms with Crippen LogP contribution in [0.15, 0.2) is 0 Å². The number of amides is 1. The fourth-order valence-electron chi connectivity index (χ4n) is 13.5. The molecule has 0 aromatic carbocycles. The molecule has 0 radical (unpaired) electrons. The van der Waals surface area contributed by atoms with Crippen LogP contribution in [-0.2, 0) is 14.3 Å². The topological polar surface area (TPSA) is 95.9 Å². The first-order chi connectivity index (χ1) is 43.0. The van der Waals surface area contributed by atoms with Gasteiger partial charge < -0.3 is 20.3 Å². The van der Waals surface area contributed by atoms with E-state index < -0.39 is 12.1 Å². The number of nitrogens with one attached hydrogen (secondary N) is 1. The van der Waals surface area contributed by atoms with E-state index in [-0.39, 0.29) is 18.5 Å². The van der Waals surface area contributed by atoms with Crippen LogP contribution in [0.1, 0.15) is 483 Å². The zero-order valence-electron chi connectivity index (χ0n) is 59.8. The van der Waals surface area contributed by atoms with Gasteiger partial charge in [-0.2, -0.15) is 0 Å². The third kappa shape index (κ3) is 73.8. The van der Waals surface area contributed by atoms with E-state index in [4.69, 9.17) is 4.74 Å². The fourth-order valence-corrected chi connectivity index (χ4v) is 13.5. The lowest BCUT2D eigenvalue weighted by atomic mass is 10.0. The number of hydrogen-bond acceptors (Lipinski definition) is 5. The molecule has 0 saturated heterocycles. The Morgan fingerprint density at radius 3 is 0.701 bits per heavy atom. The average molecular weight is 1230 g/mol. The third-order valence-electron chi connectivity index (χ3n) is 19.7. The number of rotatable bonds is 78. The molecule has 3 N–H and O–H groups in total. The fraction of sp³-hybridized carbons (Fsp3) is 0.975. The molecule has 0 aliphatic rings. The van der Waals surface area contributed by atoms with Crippen LogP contribution in [0.25, 0.3) is 0 Å². The first-order valence-electron chi connectivity index (χ1n) is 40.8. The van der Waals surface area contributed by atoms with Gasteiger partial charge in [-0.05, 0) is 25.7 Å². The number of carbonyl (C=O) groups excluding carboxylic acids is 2. The van der Waals surface area contributed by atoms with Crippen LogP contribution >= 0.6 is 0 Å². The Morgan fingerprint density at radius 2 is 0.471 bits per heavy atom. The highest BCUT2D eigenvalue weighted by Crippen LogP contribution is 2.21. The summed E-state index contributed by atoms with van der Waals surface area (Å²) in [5.74, 6) is 0.00166. The summed E-state index contributed by atoms with van der Waals surface area (Å²) in [6.07, 6.45) is 96.4. The Hall–Kier alpha value is -1.14. The average Bonchev–Trinajstić information content (AvgIpc) is 3.53. The largest absolute Gasteiger partial charge is 0.466 e. The van der Waals surface area contributed by atoms with Crippen molar-refractivity contribution < 1.29 is 24.5 Å². The number of hydrogen-bond donors (Lipinski definition) is 3. The number of carbonyl (C=O) groups is 2. The van der Waals surface area contributed by atoms with Crippen molar-refractivity contribution in [1.82, 2.24) is 5.32 Å². The predicted molar refractivity (Wildman–Crippen MR) is 384 cm³/mol. The maximum Gasteiger partial charge on any atom is 0.305 e. The first kappa shape index (κ1) is 85.9. The second-order valence-electron chi connectivity index (χ2n) is 28.5. The summed E-state index contributed by atoms with van der Waals surface area (Å²) >= 11 is 0. The molecule has 0 fully saturated rings. The molecule has 0 saturated carbocycles. The van der Waals surface area contributed by atoms with Crippen molar-refractivity contribution in [3.63, 3.8) is 0 Å². The van der Waals surface area contributed by atoms with Crippen LogP contribution in [0, 0.1) is 0 Å². The van der Waals surface area contributed by atoms with Crippen LogP contribution in [0.3, 0.4) is 0 Å². The molecule has 0 heterocycles. The van der Waals surface area contributed by atoms with Crippen molar-refractivity contribution in [2.45, 2.75) is 495 Å². The molecule has 0 rings (SSSR count). The van der Waals surface area contributed by atoms with E-state index in [1.165, 1.54) is 411 Å². The van der Waals surface area contributed by atoms with Gasteiger partial charge >= 0.3 is 5.97 Å². The standard InChI is InChI=1S/C81H161NO5/c1-3-5-7-9-11-13-15-17-18-19-20-21-35-38-41-44-47-50-53-57-61-65-69-73-79(84)78(77-83)82-80(85)74-70-66-62-58-54-51-48-45-42-39-36-33-31-29-27-25-23-22-24-26-28-30-32-34-37-40-43-46-49-52-56-60-64-68-72-76-87-81(86)75-71-67-63-59-55-16-14-12-10-8-6-4-2/h78-79,83-84H,3-77H2,1-2H3,(H,82,85). The number of aliphatic hydroxyl groups excluding tert-OH is 2. The lowest BCUT2D eigenvalue weighted by Gasteiger charge is -2.22. The van der Waals surface area contributed by atoms with Gasteiger partial charge in [-0.3, -0.25) is 9.59 Å². The summed E-state index contributed by atoms with van der Waals surface area (Å²) in [7, 11) is 0. The highest BCUT2D eigenvalue weighted by molar-refractivity contribution is 5.76. The molecule has 6 nitrogen and oxygen atoms in total. The zero-order chi connectivity index (χ0) is 62.8. The lowest BCUT2D eigenvalue weighted by molar-refractivity contribution is -0.143. The van der Waals surface area contributed by atoms with Crippen LogP contribution in [0.2, 0.25) is 0 Å². The maximum absolute atomic E-state index is 12.6. The monoisotopic (exact) mass is 1230 g/mol. The van der Waals surface area contributed by atoms with E-state index in [0.717, 1.165) is 38.5 Å². The Labute approximate surface area is 547 Å². The van der Waals surface area contributed by atoms with Crippen molar-refractivity contribution in [2.24, 2.45) is 0 Å². The molecular weight excluding hydrogens is 1070 g/mol. The SMILES string of the molecule is CCCCCCCCCCCCCCCCCCCCCCCCCC(O)C(CO)NC(=O)CCCCCCCCCCCCCCCCCCCCCCCCCCCCCCCCCCCCCOC(=O)CCCCCCCCCCCCCC. The number of aliphatic hydroxyl groups is 2. The van der Waals surface area contributed by atoms with Crippen molar-refractivity contribution >= 4 is 11.9 Å².